The number of para-hydroxylation sites is 3. The Hall–Kier alpha value is -3.35. The predicted molar refractivity (Wildman–Crippen MR) is 113 cm³/mol. The number of urea groups is 1. The minimum Gasteiger partial charge on any atom is -0.423 e. The van der Waals surface area contributed by atoms with Crippen LogP contribution in [0.15, 0.2) is 54.6 Å². The number of nitrogens with one attached hydrogen (secondary N) is 2. The molecule has 1 aliphatic heterocycles. The Morgan fingerprint density at radius 1 is 0.967 bits per heavy atom. The van der Waals surface area contributed by atoms with Gasteiger partial charge in [-0.15, -0.1) is 0 Å². The highest BCUT2D eigenvalue weighted by molar-refractivity contribution is 6.05. The van der Waals surface area contributed by atoms with Gasteiger partial charge in [0.2, 0.25) is 5.91 Å². The lowest BCUT2D eigenvalue weighted by molar-refractivity contribution is -0.138. The molecule has 2 aromatic carbocycles. The van der Waals surface area contributed by atoms with E-state index in [4.69, 9.17) is 4.74 Å². The summed E-state index contributed by atoms with van der Waals surface area (Å²) in [6, 6.07) is 14.6. The number of hydrogen-bond donors (Lipinski definition) is 2. The number of ether oxygens (including phenoxy) is 1. The average Bonchev–Trinajstić information content (AvgIpc) is 2.75. The Morgan fingerprint density at radius 3 is 2.43 bits per heavy atom. The van der Waals surface area contributed by atoms with Crippen LogP contribution in [0, 0.1) is 0 Å². The SMILES string of the molecule is O=C(C[C@H]1C(=O)Oc2ccccc2N1C(=O)NC1CCCCC1)Nc1ccccc1. The van der Waals surface area contributed by atoms with Crippen LogP contribution < -0.4 is 20.3 Å². The Labute approximate surface area is 175 Å². The second-order valence-corrected chi connectivity index (χ2v) is 7.68. The summed E-state index contributed by atoms with van der Waals surface area (Å²) in [4.78, 5) is 39.9. The zero-order valence-electron chi connectivity index (χ0n) is 16.7. The lowest BCUT2D eigenvalue weighted by atomic mass is 9.95. The fraction of sp³-hybridized carbons (Fsp3) is 0.348. The number of anilines is 2. The molecule has 156 valence electrons. The molecule has 2 N–H and O–H groups in total. The van der Waals surface area contributed by atoms with Crippen LogP contribution in [0.4, 0.5) is 16.2 Å². The van der Waals surface area contributed by atoms with Gasteiger partial charge in [0.15, 0.2) is 5.75 Å². The molecule has 3 amide bonds. The maximum absolute atomic E-state index is 13.2. The quantitative estimate of drug-likeness (QED) is 0.595. The minimum absolute atomic E-state index is 0.0788. The molecule has 2 aromatic rings. The molecule has 0 saturated heterocycles. The van der Waals surface area contributed by atoms with Crippen LogP contribution in [0.2, 0.25) is 0 Å². The Morgan fingerprint density at radius 2 is 1.67 bits per heavy atom. The third-order valence-corrected chi connectivity index (χ3v) is 5.51. The van der Waals surface area contributed by atoms with Gasteiger partial charge < -0.3 is 15.4 Å². The molecule has 1 atom stereocenters. The first kappa shape index (κ1) is 19.9. The molecular weight excluding hydrogens is 382 g/mol. The Kier molecular flexibility index (Phi) is 5.97. The van der Waals surface area contributed by atoms with Crippen molar-refractivity contribution in [1.29, 1.82) is 0 Å². The van der Waals surface area contributed by atoms with Gasteiger partial charge in [-0.3, -0.25) is 9.69 Å². The molecule has 0 radical (unpaired) electrons. The van der Waals surface area contributed by atoms with Gasteiger partial charge in [0, 0.05) is 11.7 Å². The molecule has 1 fully saturated rings. The highest BCUT2D eigenvalue weighted by Crippen LogP contribution is 2.35. The van der Waals surface area contributed by atoms with Crippen molar-refractivity contribution in [3.63, 3.8) is 0 Å². The lowest BCUT2D eigenvalue weighted by Crippen LogP contribution is -2.56. The molecule has 1 aliphatic carbocycles. The maximum Gasteiger partial charge on any atom is 0.335 e. The largest absolute Gasteiger partial charge is 0.423 e. The normalized spacial score (nSPS) is 18.9. The summed E-state index contributed by atoms with van der Waals surface area (Å²) in [6.07, 6.45) is 4.97. The second kappa shape index (κ2) is 8.98. The first-order valence-corrected chi connectivity index (χ1v) is 10.4. The van der Waals surface area contributed by atoms with E-state index < -0.39 is 12.0 Å². The van der Waals surface area contributed by atoms with Gasteiger partial charge in [-0.25, -0.2) is 9.59 Å². The molecule has 0 spiro atoms. The first-order valence-electron chi connectivity index (χ1n) is 10.4. The number of esters is 1. The van der Waals surface area contributed by atoms with Crippen LogP contribution >= 0.6 is 0 Å². The highest BCUT2D eigenvalue weighted by atomic mass is 16.5. The summed E-state index contributed by atoms with van der Waals surface area (Å²) in [7, 11) is 0. The molecule has 2 aliphatic rings. The number of benzene rings is 2. The van der Waals surface area contributed by atoms with Crippen LogP contribution in [0.5, 0.6) is 5.75 Å². The van der Waals surface area contributed by atoms with Crippen molar-refractivity contribution in [2.24, 2.45) is 0 Å². The van der Waals surface area contributed by atoms with E-state index in [9.17, 15) is 14.4 Å². The molecule has 1 heterocycles. The van der Waals surface area contributed by atoms with Crippen molar-refractivity contribution in [2.75, 3.05) is 10.2 Å². The smallest absolute Gasteiger partial charge is 0.335 e. The van der Waals surface area contributed by atoms with Gasteiger partial charge in [-0.1, -0.05) is 49.6 Å². The molecule has 0 bridgehead atoms. The Balaban J connectivity index is 1.55. The lowest BCUT2D eigenvalue weighted by Gasteiger charge is -2.36. The van der Waals surface area contributed by atoms with Gasteiger partial charge in [0.25, 0.3) is 0 Å². The van der Waals surface area contributed by atoms with Gasteiger partial charge in [0.05, 0.1) is 12.1 Å². The minimum atomic E-state index is -1.03. The monoisotopic (exact) mass is 407 g/mol. The van der Waals surface area contributed by atoms with Crippen molar-refractivity contribution in [1.82, 2.24) is 5.32 Å². The van der Waals surface area contributed by atoms with Gasteiger partial charge in [0.1, 0.15) is 6.04 Å². The molecule has 0 unspecified atom stereocenters. The van der Waals surface area contributed by atoms with Crippen molar-refractivity contribution < 1.29 is 19.1 Å². The summed E-state index contributed by atoms with van der Waals surface area (Å²) in [6.45, 7) is 0. The molecular formula is C23H25N3O4. The van der Waals surface area contributed by atoms with E-state index in [1.807, 2.05) is 18.2 Å². The van der Waals surface area contributed by atoms with Gasteiger partial charge >= 0.3 is 12.0 Å². The van der Waals surface area contributed by atoms with Crippen molar-refractivity contribution in [3.8, 4) is 5.75 Å². The van der Waals surface area contributed by atoms with Crippen LogP contribution in [0.3, 0.4) is 0 Å². The van der Waals surface area contributed by atoms with Gasteiger partial charge in [-0.2, -0.15) is 0 Å². The molecule has 30 heavy (non-hydrogen) atoms. The molecule has 7 nitrogen and oxygen atoms in total. The van der Waals surface area contributed by atoms with E-state index in [0.717, 1.165) is 25.7 Å². The number of carbonyl (C=O) groups is 3. The van der Waals surface area contributed by atoms with Crippen molar-refractivity contribution in [3.05, 3.63) is 54.6 Å². The van der Waals surface area contributed by atoms with Crippen molar-refractivity contribution in [2.45, 2.75) is 50.6 Å². The molecule has 4 rings (SSSR count). The number of fused-ring (bicyclic) bond motifs is 1. The van der Waals surface area contributed by atoms with Crippen LogP contribution in [-0.4, -0.2) is 30.0 Å². The van der Waals surface area contributed by atoms with Crippen LogP contribution in [-0.2, 0) is 9.59 Å². The summed E-state index contributed by atoms with van der Waals surface area (Å²) in [5.41, 5.74) is 1.12. The van der Waals surface area contributed by atoms with Gasteiger partial charge in [-0.05, 0) is 37.1 Å². The molecule has 1 saturated carbocycles. The van der Waals surface area contributed by atoms with E-state index in [2.05, 4.69) is 10.6 Å². The number of amides is 3. The standard InChI is InChI=1S/C23H25N3O4/c27-21(24-16-9-3-1-4-10-16)15-19-22(28)30-20-14-8-7-13-18(20)26(19)23(29)25-17-11-5-2-6-12-17/h1,3-4,7-10,13-14,17,19H,2,5-6,11-12,15H2,(H,24,27)(H,25,29)/t19-/m0/s1. The van der Waals surface area contributed by atoms with E-state index in [1.54, 1.807) is 36.4 Å². The zero-order chi connectivity index (χ0) is 20.9. The summed E-state index contributed by atoms with van der Waals surface area (Å²) in [5, 5.41) is 5.82. The second-order valence-electron chi connectivity index (χ2n) is 7.68. The highest BCUT2D eigenvalue weighted by Gasteiger charge is 2.40. The summed E-state index contributed by atoms with van der Waals surface area (Å²) in [5.74, 6) is -0.658. The van der Waals surface area contributed by atoms with Crippen LogP contribution in [0.25, 0.3) is 0 Å². The maximum atomic E-state index is 13.2. The topological polar surface area (TPSA) is 87.7 Å². The van der Waals surface area contributed by atoms with E-state index >= 15 is 0 Å². The number of rotatable bonds is 4. The number of carbonyl (C=O) groups excluding carboxylic acids is 3. The number of hydrogen-bond acceptors (Lipinski definition) is 4. The third-order valence-electron chi connectivity index (χ3n) is 5.51. The van der Waals surface area contributed by atoms with Crippen LogP contribution in [0.1, 0.15) is 38.5 Å². The summed E-state index contributed by atoms with van der Waals surface area (Å²) >= 11 is 0. The fourth-order valence-corrected chi connectivity index (χ4v) is 4.02. The number of nitrogens with zero attached hydrogens (tertiary/aromatic N) is 1. The fourth-order valence-electron chi connectivity index (χ4n) is 4.02. The van der Waals surface area contributed by atoms with E-state index in [-0.39, 0.29) is 24.4 Å². The van der Waals surface area contributed by atoms with E-state index in [1.165, 1.54) is 11.3 Å². The molecule has 7 heteroatoms. The Bertz CT molecular complexity index is 925. The predicted octanol–water partition coefficient (Wildman–Crippen LogP) is 3.85. The first-order chi connectivity index (χ1) is 14.6. The summed E-state index contributed by atoms with van der Waals surface area (Å²) < 4.78 is 5.43. The average molecular weight is 407 g/mol. The third kappa shape index (κ3) is 4.45. The van der Waals surface area contributed by atoms with Crippen molar-refractivity contribution >= 4 is 29.3 Å². The zero-order valence-corrected chi connectivity index (χ0v) is 16.7. The van der Waals surface area contributed by atoms with E-state index in [0.29, 0.717) is 17.1 Å². The molecule has 0 aromatic heterocycles.